The molecule has 0 fully saturated rings. The minimum atomic E-state index is -0.0962. The number of amides is 1. The third kappa shape index (κ3) is 3.12. The lowest BCUT2D eigenvalue weighted by Gasteiger charge is -2.19. The molecule has 6 heteroatoms. The maximum absolute atomic E-state index is 13.0. The molecule has 1 aromatic heterocycles. The molecule has 0 bridgehead atoms. The number of para-hydroxylation sites is 1. The highest BCUT2D eigenvalue weighted by Crippen LogP contribution is 2.32. The normalized spacial score (nSPS) is 10.8. The van der Waals surface area contributed by atoms with Crippen LogP contribution < -0.4 is 9.64 Å². The summed E-state index contributed by atoms with van der Waals surface area (Å²) in [5.74, 6) is 0.493. The fourth-order valence-corrected chi connectivity index (χ4v) is 3.92. The second-order valence-electron chi connectivity index (χ2n) is 5.08. The van der Waals surface area contributed by atoms with Crippen LogP contribution in [0.1, 0.15) is 17.3 Å². The van der Waals surface area contributed by atoms with E-state index in [0.717, 1.165) is 15.1 Å². The van der Waals surface area contributed by atoms with Gasteiger partial charge in [0.2, 0.25) is 0 Å². The second kappa shape index (κ2) is 7.23. The van der Waals surface area contributed by atoms with E-state index in [2.05, 4.69) is 4.98 Å². The zero-order chi connectivity index (χ0) is 17.1. The molecule has 2 aromatic carbocycles. The van der Waals surface area contributed by atoms with Crippen LogP contribution in [-0.2, 0) is 0 Å². The van der Waals surface area contributed by atoms with Crippen molar-refractivity contribution < 1.29 is 9.53 Å². The molecular formula is C18H18N2O2S2. The molecule has 0 saturated carbocycles. The van der Waals surface area contributed by atoms with Crippen LogP contribution in [-0.4, -0.2) is 30.8 Å². The van der Waals surface area contributed by atoms with Crippen molar-refractivity contribution in [3.05, 3.63) is 48.0 Å². The van der Waals surface area contributed by atoms with Gasteiger partial charge < -0.3 is 4.74 Å². The smallest absolute Gasteiger partial charge is 0.263 e. The third-order valence-corrected chi connectivity index (χ3v) is 5.50. The van der Waals surface area contributed by atoms with Crippen LogP contribution in [0, 0.1) is 0 Å². The van der Waals surface area contributed by atoms with Gasteiger partial charge >= 0.3 is 0 Å². The van der Waals surface area contributed by atoms with Crippen molar-refractivity contribution in [1.29, 1.82) is 0 Å². The van der Waals surface area contributed by atoms with Gasteiger partial charge in [0.05, 0.1) is 22.9 Å². The highest BCUT2D eigenvalue weighted by Gasteiger charge is 2.22. The highest BCUT2D eigenvalue weighted by atomic mass is 32.2. The van der Waals surface area contributed by atoms with Crippen LogP contribution in [0.3, 0.4) is 0 Å². The lowest BCUT2D eigenvalue weighted by Crippen LogP contribution is -2.30. The summed E-state index contributed by atoms with van der Waals surface area (Å²) in [5.41, 5.74) is 1.46. The van der Waals surface area contributed by atoms with Crippen LogP contribution in [0.2, 0.25) is 0 Å². The summed E-state index contributed by atoms with van der Waals surface area (Å²) in [4.78, 5) is 20.4. The van der Waals surface area contributed by atoms with Gasteiger partial charge in [-0.05, 0) is 43.5 Å². The average molecular weight is 358 g/mol. The number of rotatable bonds is 5. The first-order chi connectivity index (χ1) is 11.7. The van der Waals surface area contributed by atoms with E-state index in [9.17, 15) is 4.79 Å². The van der Waals surface area contributed by atoms with E-state index < -0.39 is 0 Å². The number of anilines is 1. The lowest BCUT2D eigenvalue weighted by molar-refractivity contribution is 0.0985. The molecule has 0 aliphatic carbocycles. The molecule has 0 unspecified atom stereocenters. The Hall–Kier alpha value is -2.05. The molecule has 0 spiro atoms. The Balaban J connectivity index is 2.00. The van der Waals surface area contributed by atoms with Crippen molar-refractivity contribution >= 4 is 44.4 Å². The van der Waals surface area contributed by atoms with Crippen molar-refractivity contribution in [3.8, 4) is 5.75 Å². The first kappa shape index (κ1) is 16.8. The Morgan fingerprint density at radius 3 is 2.75 bits per heavy atom. The number of hydrogen-bond donors (Lipinski definition) is 0. The van der Waals surface area contributed by atoms with Gasteiger partial charge in [-0.15, -0.1) is 11.8 Å². The maximum atomic E-state index is 13.0. The number of aromatic nitrogens is 1. The topological polar surface area (TPSA) is 42.4 Å². The summed E-state index contributed by atoms with van der Waals surface area (Å²) in [5, 5.41) is 0.708. The molecule has 4 nitrogen and oxygen atoms in total. The largest absolute Gasteiger partial charge is 0.496 e. The van der Waals surface area contributed by atoms with Crippen molar-refractivity contribution in [3.63, 3.8) is 0 Å². The molecule has 0 radical (unpaired) electrons. The minimum absolute atomic E-state index is 0.0962. The van der Waals surface area contributed by atoms with Crippen LogP contribution in [0.5, 0.6) is 5.75 Å². The van der Waals surface area contributed by atoms with Crippen LogP contribution in [0.15, 0.2) is 47.4 Å². The number of methoxy groups -OCH3 is 1. The van der Waals surface area contributed by atoms with Crippen molar-refractivity contribution in [2.45, 2.75) is 11.8 Å². The van der Waals surface area contributed by atoms with Gasteiger partial charge in [-0.25, -0.2) is 4.98 Å². The van der Waals surface area contributed by atoms with Gasteiger partial charge in [0.25, 0.3) is 5.91 Å². The number of ether oxygens (including phenoxy) is 1. The predicted octanol–water partition coefficient (Wildman–Crippen LogP) is 4.69. The molecular weight excluding hydrogens is 340 g/mol. The number of fused-ring (bicyclic) bond motifs is 1. The molecule has 0 aliphatic heterocycles. The Bertz CT molecular complexity index is 843. The second-order valence-corrected chi connectivity index (χ2v) is 6.97. The summed E-state index contributed by atoms with van der Waals surface area (Å²) >= 11 is 3.14. The Morgan fingerprint density at radius 1 is 1.29 bits per heavy atom. The van der Waals surface area contributed by atoms with Crippen LogP contribution in [0.4, 0.5) is 5.13 Å². The third-order valence-electron chi connectivity index (χ3n) is 3.71. The first-order valence-electron chi connectivity index (χ1n) is 7.57. The van der Waals surface area contributed by atoms with E-state index >= 15 is 0 Å². The summed E-state index contributed by atoms with van der Waals surface area (Å²) < 4.78 is 6.49. The van der Waals surface area contributed by atoms with Gasteiger partial charge in [-0.1, -0.05) is 23.5 Å². The van der Waals surface area contributed by atoms with Crippen LogP contribution >= 0.6 is 23.1 Å². The quantitative estimate of drug-likeness (QED) is 0.620. The van der Waals surface area contributed by atoms with E-state index in [-0.39, 0.29) is 5.91 Å². The van der Waals surface area contributed by atoms with Gasteiger partial charge in [0.1, 0.15) is 5.75 Å². The highest BCUT2D eigenvalue weighted by molar-refractivity contribution is 7.98. The number of hydrogen-bond acceptors (Lipinski definition) is 5. The molecule has 3 aromatic rings. The Morgan fingerprint density at radius 2 is 2.08 bits per heavy atom. The SMILES string of the molecule is CCN(C(=O)c1ccc(SC)cc1OC)c1nc2ccccc2s1. The fraction of sp³-hybridized carbons (Fsp3) is 0.222. The summed E-state index contributed by atoms with van der Waals surface area (Å²) in [7, 11) is 1.59. The lowest BCUT2D eigenvalue weighted by atomic mass is 10.1. The number of thioether (sulfide) groups is 1. The van der Waals surface area contributed by atoms with Gasteiger partial charge in [0, 0.05) is 11.4 Å². The molecule has 1 heterocycles. The standard InChI is InChI=1S/C18H18N2O2S2/c1-4-20(18-19-14-7-5-6-8-16(14)24-18)17(21)13-10-9-12(23-3)11-15(13)22-2/h5-11H,4H2,1-3H3. The first-order valence-corrected chi connectivity index (χ1v) is 9.61. The molecule has 0 aliphatic rings. The maximum Gasteiger partial charge on any atom is 0.263 e. The summed E-state index contributed by atoms with van der Waals surface area (Å²) in [6.07, 6.45) is 2.00. The summed E-state index contributed by atoms with van der Waals surface area (Å²) in [6, 6.07) is 13.6. The van der Waals surface area contributed by atoms with E-state index in [1.165, 1.54) is 11.3 Å². The summed E-state index contributed by atoms with van der Waals surface area (Å²) in [6.45, 7) is 2.50. The van der Waals surface area contributed by atoms with Crippen molar-refractivity contribution in [1.82, 2.24) is 4.98 Å². The fourth-order valence-electron chi connectivity index (χ4n) is 2.46. The number of carbonyl (C=O) groups excluding carboxylic acids is 1. The molecule has 1 amide bonds. The number of nitrogens with zero attached hydrogens (tertiary/aromatic N) is 2. The number of carbonyl (C=O) groups is 1. The van der Waals surface area contributed by atoms with Gasteiger partial charge in [0.15, 0.2) is 5.13 Å². The molecule has 3 rings (SSSR count). The zero-order valence-corrected chi connectivity index (χ0v) is 15.4. The number of benzene rings is 2. The van der Waals surface area contributed by atoms with Crippen molar-refractivity contribution in [2.24, 2.45) is 0 Å². The molecule has 0 N–H and O–H groups in total. The molecule has 124 valence electrons. The monoisotopic (exact) mass is 358 g/mol. The Kier molecular flexibility index (Phi) is 5.06. The minimum Gasteiger partial charge on any atom is -0.496 e. The average Bonchev–Trinajstić information content (AvgIpc) is 3.05. The van der Waals surface area contributed by atoms with Crippen LogP contribution in [0.25, 0.3) is 10.2 Å². The van der Waals surface area contributed by atoms with E-state index in [1.807, 2.05) is 55.6 Å². The van der Waals surface area contributed by atoms with E-state index in [0.29, 0.717) is 23.0 Å². The molecule has 0 atom stereocenters. The zero-order valence-electron chi connectivity index (χ0n) is 13.8. The van der Waals surface area contributed by atoms with Gasteiger partial charge in [-0.2, -0.15) is 0 Å². The van der Waals surface area contributed by atoms with Crippen molar-refractivity contribution in [2.75, 3.05) is 24.8 Å². The number of thiazole rings is 1. The molecule has 24 heavy (non-hydrogen) atoms. The van der Waals surface area contributed by atoms with Gasteiger partial charge in [-0.3, -0.25) is 9.69 Å². The Labute approximate surface area is 149 Å². The molecule has 0 saturated heterocycles. The van der Waals surface area contributed by atoms with E-state index in [4.69, 9.17) is 4.74 Å². The van der Waals surface area contributed by atoms with E-state index in [1.54, 1.807) is 23.8 Å². The predicted molar refractivity (Wildman–Crippen MR) is 102 cm³/mol.